The molecule has 1 heterocycles. The molecule has 0 saturated carbocycles. The molecule has 1 saturated heterocycles. The molecule has 18 heavy (non-hydrogen) atoms. The van der Waals surface area contributed by atoms with Crippen LogP contribution in [-0.2, 0) is 0 Å². The maximum Gasteiger partial charge on any atom is 0.101 e. The minimum atomic E-state index is 0.0959. The fourth-order valence-electron chi connectivity index (χ4n) is 2.71. The van der Waals surface area contributed by atoms with Crippen LogP contribution in [0.4, 0.5) is 5.69 Å². The molecule has 0 spiro atoms. The molecule has 1 aliphatic rings. The molecule has 0 amide bonds. The molecule has 1 fully saturated rings. The number of piperidine rings is 1. The predicted molar refractivity (Wildman–Crippen MR) is 74.4 cm³/mol. The summed E-state index contributed by atoms with van der Waals surface area (Å²) in [5.41, 5.74) is 7.70. The van der Waals surface area contributed by atoms with Crippen molar-refractivity contribution in [2.45, 2.75) is 32.2 Å². The summed E-state index contributed by atoms with van der Waals surface area (Å²) in [6.07, 6.45) is 2.29. The number of nitriles is 1. The van der Waals surface area contributed by atoms with E-state index >= 15 is 0 Å². The van der Waals surface area contributed by atoms with Crippen molar-refractivity contribution in [3.05, 3.63) is 29.8 Å². The second kappa shape index (κ2) is 4.99. The molecule has 0 radical (unpaired) electrons. The summed E-state index contributed by atoms with van der Waals surface area (Å²) in [6, 6.07) is 10.1. The lowest BCUT2D eigenvalue weighted by molar-refractivity contribution is 0.294. The Morgan fingerprint density at radius 3 is 2.83 bits per heavy atom. The van der Waals surface area contributed by atoms with Crippen LogP contribution in [0.25, 0.3) is 0 Å². The average Bonchev–Trinajstić information content (AvgIpc) is 2.38. The summed E-state index contributed by atoms with van der Waals surface area (Å²) in [5.74, 6) is 0.532. The van der Waals surface area contributed by atoms with Crippen LogP contribution in [0, 0.1) is 17.2 Å². The number of benzene rings is 1. The first kappa shape index (κ1) is 12.9. The van der Waals surface area contributed by atoms with E-state index in [-0.39, 0.29) is 5.54 Å². The Hall–Kier alpha value is -1.53. The number of para-hydroxylation sites is 1. The van der Waals surface area contributed by atoms with Crippen LogP contribution in [0.1, 0.15) is 32.3 Å². The van der Waals surface area contributed by atoms with E-state index in [4.69, 9.17) is 5.73 Å². The Labute approximate surface area is 109 Å². The van der Waals surface area contributed by atoms with Crippen LogP contribution in [0.15, 0.2) is 24.3 Å². The van der Waals surface area contributed by atoms with E-state index in [1.165, 1.54) is 6.42 Å². The van der Waals surface area contributed by atoms with Gasteiger partial charge in [-0.15, -0.1) is 0 Å². The molecule has 2 N–H and O–H groups in total. The molecule has 0 aromatic heterocycles. The minimum absolute atomic E-state index is 0.0959. The van der Waals surface area contributed by atoms with Gasteiger partial charge in [-0.05, 0) is 51.3 Å². The highest BCUT2D eigenvalue weighted by Crippen LogP contribution is 2.35. The average molecular weight is 243 g/mol. The van der Waals surface area contributed by atoms with Crippen molar-refractivity contribution in [1.29, 1.82) is 5.26 Å². The van der Waals surface area contributed by atoms with Crippen molar-refractivity contribution in [3.63, 3.8) is 0 Å². The van der Waals surface area contributed by atoms with Crippen LogP contribution >= 0.6 is 0 Å². The third-order valence-electron chi connectivity index (χ3n) is 3.98. The maximum absolute atomic E-state index is 9.24. The SMILES string of the molecule is CC1(C)CCC(CN)CN1c1ccccc1C#N. The van der Waals surface area contributed by atoms with E-state index in [1.54, 1.807) is 0 Å². The van der Waals surface area contributed by atoms with Gasteiger partial charge in [-0.1, -0.05) is 12.1 Å². The van der Waals surface area contributed by atoms with Crippen LogP contribution in [-0.4, -0.2) is 18.6 Å². The molecule has 3 nitrogen and oxygen atoms in total. The van der Waals surface area contributed by atoms with Crippen molar-refractivity contribution in [2.75, 3.05) is 18.0 Å². The molecule has 1 atom stereocenters. The number of anilines is 1. The Balaban J connectivity index is 2.37. The van der Waals surface area contributed by atoms with Gasteiger partial charge in [-0.25, -0.2) is 0 Å². The normalized spacial score (nSPS) is 22.6. The van der Waals surface area contributed by atoms with E-state index in [0.717, 1.165) is 30.8 Å². The van der Waals surface area contributed by atoms with Crippen LogP contribution in [0.2, 0.25) is 0 Å². The van der Waals surface area contributed by atoms with Gasteiger partial charge >= 0.3 is 0 Å². The summed E-state index contributed by atoms with van der Waals surface area (Å²) in [5, 5.41) is 9.24. The van der Waals surface area contributed by atoms with Crippen LogP contribution < -0.4 is 10.6 Å². The first-order valence-corrected chi connectivity index (χ1v) is 6.55. The van der Waals surface area contributed by atoms with Gasteiger partial charge < -0.3 is 10.6 Å². The van der Waals surface area contributed by atoms with Crippen LogP contribution in [0.5, 0.6) is 0 Å². The summed E-state index contributed by atoms with van der Waals surface area (Å²) in [7, 11) is 0. The second-order valence-electron chi connectivity index (χ2n) is 5.69. The molecule has 3 heteroatoms. The summed E-state index contributed by atoms with van der Waals surface area (Å²) >= 11 is 0. The van der Waals surface area contributed by atoms with Crippen molar-refractivity contribution in [3.8, 4) is 6.07 Å². The first-order chi connectivity index (χ1) is 8.58. The lowest BCUT2D eigenvalue weighted by Crippen LogP contribution is -2.52. The molecule has 0 bridgehead atoms. The van der Waals surface area contributed by atoms with E-state index in [2.05, 4.69) is 24.8 Å². The summed E-state index contributed by atoms with van der Waals surface area (Å²) < 4.78 is 0. The zero-order chi connectivity index (χ0) is 13.2. The first-order valence-electron chi connectivity index (χ1n) is 6.55. The van der Waals surface area contributed by atoms with Gasteiger partial charge in [-0.3, -0.25) is 0 Å². The van der Waals surface area contributed by atoms with E-state index in [1.807, 2.05) is 24.3 Å². The standard InChI is InChI=1S/C15H21N3/c1-15(2)8-7-12(9-16)11-18(15)14-6-4-3-5-13(14)10-17/h3-6,12H,7-9,11,16H2,1-2H3. The Morgan fingerprint density at radius 2 is 2.17 bits per heavy atom. The van der Waals surface area contributed by atoms with E-state index in [0.29, 0.717) is 5.92 Å². The molecule has 1 aliphatic heterocycles. The number of hydrogen-bond acceptors (Lipinski definition) is 3. The molecule has 1 aromatic rings. The highest BCUT2D eigenvalue weighted by molar-refractivity contribution is 5.61. The maximum atomic E-state index is 9.24. The Bertz CT molecular complexity index is 459. The van der Waals surface area contributed by atoms with Gasteiger partial charge in [0.15, 0.2) is 0 Å². The van der Waals surface area contributed by atoms with E-state index in [9.17, 15) is 5.26 Å². The minimum Gasteiger partial charge on any atom is -0.365 e. The van der Waals surface area contributed by atoms with Gasteiger partial charge in [0, 0.05) is 12.1 Å². The highest BCUT2D eigenvalue weighted by Gasteiger charge is 2.34. The highest BCUT2D eigenvalue weighted by atomic mass is 15.2. The van der Waals surface area contributed by atoms with Crippen LogP contribution in [0.3, 0.4) is 0 Å². The van der Waals surface area contributed by atoms with Gasteiger partial charge in [-0.2, -0.15) is 5.26 Å². The smallest absolute Gasteiger partial charge is 0.101 e. The van der Waals surface area contributed by atoms with Crippen molar-refractivity contribution in [1.82, 2.24) is 0 Å². The van der Waals surface area contributed by atoms with Gasteiger partial charge in [0.25, 0.3) is 0 Å². The number of rotatable bonds is 2. The van der Waals surface area contributed by atoms with Crippen molar-refractivity contribution in [2.24, 2.45) is 11.7 Å². The summed E-state index contributed by atoms with van der Waals surface area (Å²) in [6.45, 7) is 6.16. The molecule has 1 aromatic carbocycles. The third kappa shape index (κ3) is 2.34. The number of hydrogen-bond donors (Lipinski definition) is 1. The zero-order valence-corrected chi connectivity index (χ0v) is 11.2. The lowest BCUT2D eigenvalue weighted by Gasteiger charge is -2.47. The van der Waals surface area contributed by atoms with Gasteiger partial charge in [0.1, 0.15) is 6.07 Å². The fraction of sp³-hybridized carbons (Fsp3) is 0.533. The quantitative estimate of drug-likeness (QED) is 0.868. The lowest BCUT2D eigenvalue weighted by atomic mass is 9.84. The summed E-state index contributed by atoms with van der Waals surface area (Å²) in [4.78, 5) is 2.35. The predicted octanol–water partition coefficient (Wildman–Crippen LogP) is 2.51. The second-order valence-corrected chi connectivity index (χ2v) is 5.69. The van der Waals surface area contributed by atoms with Crippen molar-refractivity contribution < 1.29 is 0 Å². The van der Waals surface area contributed by atoms with Gasteiger partial charge in [0.2, 0.25) is 0 Å². The van der Waals surface area contributed by atoms with Crippen molar-refractivity contribution >= 4 is 5.69 Å². The molecule has 1 unspecified atom stereocenters. The molecule has 96 valence electrons. The van der Waals surface area contributed by atoms with E-state index < -0.39 is 0 Å². The fourth-order valence-corrected chi connectivity index (χ4v) is 2.71. The molecular formula is C15H21N3. The van der Waals surface area contributed by atoms with Gasteiger partial charge in [0.05, 0.1) is 11.3 Å². The third-order valence-corrected chi connectivity index (χ3v) is 3.98. The topological polar surface area (TPSA) is 53.0 Å². The number of nitrogens with two attached hydrogens (primary N) is 1. The number of nitrogens with zero attached hydrogens (tertiary/aromatic N) is 2. The molecule has 0 aliphatic carbocycles. The Kier molecular flexibility index (Phi) is 3.58. The molecule has 2 rings (SSSR count). The largest absolute Gasteiger partial charge is 0.365 e. The molecular weight excluding hydrogens is 222 g/mol. The Morgan fingerprint density at radius 1 is 1.44 bits per heavy atom. The monoisotopic (exact) mass is 243 g/mol. The zero-order valence-electron chi connectivity index (χ0n) is 11.2.